The summed E-state index contributed by atoms with van der Waals surface area (Å²) in [6.45, 7) is 6.45. The van der Waals surface area contributed by atoms with Crippen molar-refractivity contribution < 1.29 is 4.79 Å². The van der Waals surface area contributed by atoms with Crippen molar-refractivity contribution in [1.82, 2.24) is 4.98 Å². The Kier molecular flexibility index (Phi) is 4.78. The first kappa shape index (κ1) is 15.0. The highest BCUT2D eigenvalue weighted by molar-refractivity contribution is 7.10. The Morgan fingerprint density at radius 1 is 1.30 bits per heavy atom. The molecule has 0 radical (unpaired) electrons. The second-order valence-corrected chi connectivity index (χ2v) is 6.06. The van der Waals surface area contributed by atoms with Crippen LogP contribution < -0.4 is 4.90 Å². The number of carbonyl (C=O) groups is 1. The zero-order chi connectivity index (χ0) is 14.7. The molecule has 2 aromatic rings. The van der Waals surface area contributed by atoms with Crippen LogP contribution in [0.5, 0.6) is 0 Å². The second kappa shape index (κ2) is 6.37. The zero-order valence-electron chi connectivity index (χ0n) is 11.8. The van der Waals surface area contributed by atoms with Crippen molar-refractivity contribution in [2.24, 2.45) is 0 Å². The molecule has 0 aliphatic rings. The summed E-state index contributed by atoms with van der Waals surface area (Å²) in [6.07, 6.45) is 0. The van der Waals surface area contributed by atoms with Gasteiger partial charge in [-0.05, 0) is 49.9 Å². The third kappa shape index (κ3) is 3.19. The molecule has 0 saturated carbocycles. The van der Waals surface area contributed by atoms with E-state index in [2.05, 4.69) is 11.9 Å². The monoisotopic (exact) mass is 308 g/mol. The topological polar surface area (TPSA) is 33.2 Å². The quantitative estimate of drug-likeness (QED) is 0.804. The molecule has 0 unspecified atom stereocenters. The van der Waals surface area contributed by atoms with E-state index in [0.29, 0.717) is 6.54 Å². The Hall–Kier alpha value is -1.39. The second-order valence-electron chi connectivity index (χ2n) is 4.67. The fourth-order valence-electron chi connectivity index (χ4n) is 2.09. The summed E-state index contributed by atoms with van der Waals surface area (Å²) in [5, 5.41) is 2.04. The van der Waals surface area contributed by atoms with Gasteiger partial charge in [-0.25, -0.2) is 0 Å². The Bertz CT molecular complexity index is 624. The van der Waals surface area contributed by atoms with Crippen LogP contribution in [0.15, 0.2) is 23.6 Å². The van der Waals surface area contributed by atoms with Gasteiger partial charge >= 0.3 is 0 Å². The van der Waals surface area contributed by atoms with Crippen molar-refractivity contribution >= 4 is 34.5 Å². The zero-order valence-corrected chi connectivity index (χ0v) is 13.4. The molecule has 0 aliphatic carbocycles. The predicted octanol–water partition coefficient (Wildman–Crippen LogP) is 3.84. The lowest BCUT2D eigenvalue weighted by molar-refractivity contribution is -0.116. The van der Waals surface area contributed by atoms with Gasteiger partial charge in [0.2, 0.25) is 5.91 Å². The number of rotatable bonds is 4. The first-order valence-corrected chi connectivity index (χ1v) is 7.78. The molecule has 0 fully saturated rings. The van der Waals surface area contributed by atoms with E-state index in [4.69, 9.17) is 11.6 Å². The summed E-state index contributed by atoms with van der Waals surface area (Å²) in [5.41, 5.74) is 3.76. The highest BCUT2D eigenvalue weighted by Crippen LogP contribution is 2.24. The summed E-state index contributed by atoms with van der Waals surface area (Å²) < 4.78 is 0. The lowest BCUT2D eigenvalue weighted by Crippen LogP contribution is -2.32. The minimum absolute atomic E-state index is 0.0312. The minimum atomic E-state index is -0.106. The van der Waals surface area contributed by atoms with E-state index in [1.165, 1.54) is 4.88 Å². The molecule has 106 valence electrons. The van der Waals surface area contributed by atoms with Crippen LogP contribution in [0.3, 0.4) is 0 Å². The molecular weight excluding hydrogens is 292 g/mol. The molecule has 2 aromatic heterocycles. The third-order valence-corrected chi connectivity index (χ3v) is 4.31. The number of hydrogen-bond acceptors (Lipinski definition) is 3. The number of anilines is 1. The smallest absolute Gasteiger partial charge is 0.242 e. The van der Waals surface area contributed by atoms with Crippen LogP contribution in [0.25, 0.3) is 0 Å². The summed E-state index contributed by atoms with van der Waals surface area (Å²) in [5.74, 6) is -0.137. The fourth-order valence-corrected chi connectivity index (χ4v) is 2.95. The molecule has 0 atom stereocenters. The highest BCUT2D eigenvalue weighted by atomic mass is 35.5. The Labute approximate surface area is 128 Å². The van der Waals surface area contributed by atoms with Crippen molar-refractivity contribution in [3.8, 4) is 0 Å². The molecule has 20 heavy (non-hydrogen) atoms. The standard InChI is InChI=1S/C15H17ClN2OS/c1-10-4-5-14(11(2)17-10)18(15(19)8-16)9-13-6-7-20-12(13)3/h4-7H,8-9H2,1-3H3. The molecule has 3 nitrogen and oxygen atoms in total. The van der Waals surface area contributed by atoms with Gasteiger partial charge in [0.05, 0.1) is 17.9 Å². The molecule has 2 heterocycles. The number of pyridine rings is 1. The van der Waals surface area contributed by atoms with Crippen molar-refractivity contribution in [2.45, 2.75) is 27.3 Å². The van der Waals surface area contributed by atoms with Crippen LogP contribution in [0, 0.1) is 20.8 Å². The van der Waals surface area contributed by atoms with Gasteiger partial charge in [-0.3, -0.25) is 9.78 Å². The van der Waals surface area contributed by atoms with E-state index in [0.717, 1.165) is 22.6 Å². The maximum atomic E-state index is 12.2. The van der Waals surface area contributed by atoms with Crippen LogP contribution in [0.4, 0.5) is 5.69 Å². The molecule has 0 bridgehead atoms. The maximum Gasteiger partial charge on any atom is 0.242 e. The fraction of sp³-hybridized carbons (Fsp3) is 0.333. The van der Waals surface area contributed by atoms with E-state index in [1.54, 1.807) is 16.2 Å². The normalized spacial score (nSPS) is 10.6. The lowest BCUT2D eigenvalue weighted by Gasteiger charge is -2.23. The number of aromatic nitrogens is 1. The average Bonchev–Trinajstić information content (AvgIpc) is 2.81. The summed E-state index contributed by atoms with van der Waals surface area (Å²) in [6, 6.07) is 5.90. The molecule has 0 N–H and O–H groups in total. The molecule has 5 heteroatoms. The Morgan fingerprint density at radius 2 is 2.05 bits per heavy atom. The number of carbonyl (C=O) groups excluding carboxylic acids is 1. The van der Waals surface area contributed by atoms with Gasteiger partial charge in [-0.2, -0.15) is 0 Å². The van der Waals surface area contributed by atoms with Crippen LogP contribution in [0.2, 0.25) is 0 Å². The van der Waals surface area contributed by atoms with E-state index in [-0.39, 0.29) is 11.8 Å². The number of amides is 1. The first-order valence-electron chi connectivity index (χ1n) is 6.36. The predicted molar refractivity (Wildman–Crippen MR) is 84.7 cm³/mol. The molecule has 0 aromatic carbocycles. The van der Waals surface area contributed by atoms with Gasteiger partial charge in [0.15, 0.2) is 0 Å². The first-order chi connectivity index (χ1) is 9.52. The van der Waals surface area contributed by atoms with Crippen molar-refractivity contribution in [3.63, 3.8) is 0 Å². The number of hydrogen-bond donors (Lipinski definition) is 0. The van der Waals surface area contributed by atoms with E-state index < -0.39 is 0 Å². The average molecular weight is 309 g/mol. The third-order valence-electron chi connectivity index (χ3n) is 3.20. The molecule has 0 saturated heterocycles. The Balaban J connectivity index is 2.37. The van der Waals surface area contributed by atoms with Gasteiger partial charge < -0.3 is 4.90 Å². The number of thiophene rings is 1. The van der Waals surface area contributed by atoms with Gasteiger partial charge in [-0.1, -0.05) is 0 Å². The van der Waals surface area contributed by atoms with Gasteiger partial charge in [0, 0.05) is 10.6 Å². The lowest BCUT2D eigenvalue weighted by atomic mass is 10.2. The molecule has 1 amide bonds. The van der Waals surface area contributed by atoms with Gasteiger partial charge in [0.1, 0.15) is 5.88 Å². The van der Waals surface area contributed by atoms with Crippen LogP contribution in [-0.2, 0) is 11.3 Å². The van der Waals surface area contributed by atoms with Gasteiger partial charge in [0.25, 0.3) is 0 Å². The van der Waals surface area contributed by atoms with E-state index >= 15 is 0 Å². The van der Waals surface area contributed by atoms with Crippen LogP contribution in [0.1, 0.15) is 21.8 Å². The summed E-state index contributed by atoms with van der Waals surface area (Å²) in [4.78, 5) is 19.5. The number of nitrogens with zero attached hydrogens (tertiary/aromatic N) is 2. The van der Waals surface area contributed by atoms with Crippen LogP contribution >= 0.6 is 22.9 Å². The number of aryl methyl sites for hydroxylation is 3. The summed E-state index contributed by atoms with van der Waals surface area (Å²) in [7, 11) is 0. The van der Waals surface area contributed by atoms with Crippen LogP contribution in [-0.4, -0.2) is 16.8 Å². The van der Waals surface area contributed by atoms with Crippen molar-refractivity contribution in [3.05, 3.63) is 45.4 Å². The highest BCUT2D eigenvalue weighted by Gasteiger charge is 2.19. The molecule has 0 spiro atoms. The van der Waals surface area contributed by atoms with Gasteiger partial charge in [-0.15, -0.1) is 22.9 Å². The minimum Gasteiger partial charge on any atom is -0.305 e. The largest absolute Gasteiger partial charge is 0.305 e. The SMILES string of the molecule is Cc1ccc(N(Cc2ccsc2C)C(=O)CCl)c(C)n1. The van der Waals surface area contributed by atoms with Crippen molar-refractivity contribution in [2.75, 3.05) is 10.8 Å². The van der Waals surface area contributed by atoms with Crippen molar-refractivity contribution in [1.29, 1.82) is 0 Å². The van der Waals surface area contributed by atoms with E-state index in [9.17, 15) is 4.79 Å². The van der Waals surface area contributed by atoms with E-state index in [1.807, 2.05) is 37.4 Å². The Morgan fingerprint density at radius 3 is 2.60 bits per heavy atom. The number of halogens is 1. The molecular formula is C15H17ClN2OS. The summed E-state index contributed by atoms with van der Waals surface area (Å²) >= 11 is 7.43. The maximum absolute atomic E-state index is 12.2. The number of alkyl halides is 1. The molecule has 0 aliphatic heterocycles. The molecule has 2 rings (SSSR count).